The normalized spacial score (nSPS) is 10.8. The van der Waals surface area contributed by atoms with Gasteiger partial charge in [-0.25, -0.2) is 9.78 Å². The molecule has 0 bridgehead atoms. The Balaban J connectivity index is 2.18. The summed E-state index contributed by atoms with van der Waals surface area (Å²) in [6, 6.07) is 7.22. The Hall–Kier alpha value is -3.03. The predicted molar refractivity (Wildman–Crippen MR) is 79.8 cm³/mol. The van der Waals surface area contributed by atoms with Gasteiger partial charge in [0.15, 0.2) is 11.2 Å². The Labute approximate surface area is 124 Å². The van der Waals surface area contributed by atoms with Crippen LogP contribution in [0.15, 0.2) is 33.9 Å². The van der Waals surface area contributed by atoms with Crippen LogP contribution >= 0.6 is 0 Å². The second-order valence-electron chi connectivity index (χ2n) is 4.59. The number of fused-ring (bicyclic) bond motifs is 1. The number of aromatic nitrogens is 5. The summed E-state index contributed by atoms with van der Waals surface area (Å²) in [5, 5.41) is 6.84. The molecule has 0 saturated carbocycles. The fourth-order valence-electron chi connectivity index (χ4n) is 2.00. The number of nitrogens with one attached hydrogen (secondary N) is 2. The second-order valence-corrected chi connectivity index (χ2v) is 4.59. The third kappa shape index (κ3) is 2.58. The van der Waals surface area contributed by atoms with Crippen molar-refractivity contribution in [3.63, 3.8) is 0 Å². The summed E-state index contributed by atoms with van der Waals surface area (Å²) >= 11 is 0. The topological polar surface area (TPSA) is 114 Å². The lowest BCUT2D eigenvalue weighted by atomic mass is 10.2. The van der Waals surface area contributed by atoms with Crippen LogP contribution in [0.1, 0.15) is 13.3 Å². The maximum Gasteiger partial charge on any atom is 0.365 e. The maximum atomic E-state index is 12.0. The van der Waals surface area contributed by atoms with Crippen LogP contribution in [0.5, 0.6) is 5.75 Å². The standard InChI is InChI=1S/C14H13N5O3/c1-2-7-22-9-6-4-3-5-8(9)11-15-12-10(13(20)16-11)18-19-14(21)17-12/h3-6H,2,7H2,1H3,(H2,15,16,17,19,20,21). The first-order chi connectivity index (χ1) is 10.7. The number of para-hydroxylation sites is 1. The molecule has 0 fully saturated rings. The van der Waals surface area contributed by atoms with Crippen molar-refractivity contribution in [2.75, 3.05) is 6.61 Å². The first-order valence-electron chi connectivity index (χ1n) is 6.78. The number of H-pyrrole nitrogens is 2. The molecular weight excluding hydrogens is 286 g/mol. The Kier molecular flexibility index (Phi) is 3.65. The van der Waals surface area contributed by atoms with Crippen molar-refractivity contribution in [1.82, 2.24) is 25.1 Å². The molecule has 1 aromatic carbocycles. The summed E-state index contributed by atoms with van der Waals surface area (Å²) < 4.78 is 5.65. The van der Waals surface area contributed by atoms with E-state index in [9.17, 15) is 9.59 Å². The van der Waals surface area contributed by atoms with Crippen LogP contribution in [0, 0.1) is 0 Å². The third-order valence-electron chi connectivity index (χ3n) is 2.96. The molecule has 22 heavy (non-hydrogen) atoms. The number of hydrogen-bond donors (Lipinski definition) is 2. The van der Waals surface area contributed by atoms with E-state index < -0.39 is 11.2 Å². The summed E-state index contributed by atoms with van der Waals surface area (Å²) in [4.78, 5) is 32.6. The number of rotatable bonds is 4. The Morgan fingerprint density at radius 1 is 1.14 bits per heavy atom. The van der Waals surface area contributed by atoms with Crippen molar-refractivity contribution in [2.45, 2.75) is 13.3 Å². The van der Waals surface area contributed by atoms with Crippen LogP contribution in [-0.4, -0.2) is 31.8 Å². The van der Waals surface area contributed by atoms with Crippen LogP contribution in [0.2, 0.25) is 0 Å². The molecule has 3 aromatic rings. The number of ether oxygens (including phenoxy) is 1. The second kappa shape index (κ2) is 5.76. The molecule has 2 N–H and O–H groups in total. The molecule has 0 spiro atoms. The van der Waals surface area contributed by atoms with Crippen molar-refractivity contribution in [2.24, 2.45) is 0 Å². The van der Waals surface area contributed by atoms with Gasteiger partial charge in [0.2, 0.25) is 0 Å². The fraction of sp³-hybridized carbons (Fsp3) is 0.214. The van der Waals surface area contributed by atoms with Gasteiger partial charge >= 0.3 is 5.69 Å². The highest BCUT2D eigenvalue weighted by Gasteiger charge is 2.12. The molecule has 0 atom stereocenters. The number of hydrogen-bond acceptors (Lipinski definition) is 6. The van der Waals surface area contributed by atoms with E-state index in [4.69, 9.17) is 4.74 Å². The zero-order valence-electron chi connectivity index (χ0n) is 11.8. The molecule has 0 saturated heterocycles. The van der Waals surface area contributed by atoms with Gasteiger partial charge in [-0.05, 0) is 18.6 Å². The van der Waals surface area contributed by atoms with E-state index in [2.05, 4.69) is 25.1 Å². The monoisotopic (exact) mass is 299 g/mol. The van der Waals surface area contributed by atoms with Crippen LogP contribution < -0.4 is 16.0 Å². The average molecular weight is 299 g/mol. The molecule has 8 heteroatoms. The Bertz CT molecular complexity index is 931. The number of nitrogens with zero attached hydrogens (tertiary/aromatic N) is 3. The molecule has 0 aliphatic carbocycles. The lowest BCUT2D eigenvalue weighted by molar-refractivity contribution is 0.318. The highest BCUT2D eigenvalue weighted by molar-refractivity contribution is 5.72. The van der Waals surface area contributed by atoms with Crippen molar-refractivity contribution in [3.05, 3.63) is 45.1 Å². The first kappa shape index (κ1) is 13.9. The highest BCUT2D eigenvalue weighted by Crippen LogP contribution is 2.26. The molecule has 0 radical (unpaired) electrons. The van der Waals surface area contributed by atoms with Crippen molar-refractivity contribution >= 4 is 11.2 Å². The molecule has 0 aliphatic rings. The highest BCUT2D eigenvalue weighted by atomic mass is 16.5. The minimum atomic E-state index is -0.660. The van der Waals surface area contributed by atoms with Gasteiger partial charge in [-0.15, -0.1) is 5.10 Å². The predicted octanol–water partition coefficient (Wildman–Crippen LogP) is 0.857. The molecule has 0 unspecified atom stereocenters. The molecule has 0 aliphatic heterocycles. The number of aromatic amines is 2. The fourth-order valence-corrected chi connectivity index (χ4v) is 2.00. The van der Waals surface area contributed by atoms with Gasteiger partial charge in [0, 0.05) is 0 Å². The van der Waals surface area contributed by atoms with E-state index >= 15 is 0 Å². The summed E-state index contributed by atoms with van der Waals surface area (Å²) in [5.41, 5.74) is -0.437. The van der Waals surface area contributed by atoms with Gasteiger partial charge in [-0.2, -0.15) is 0 Å². The first-order valence-corrected chi connectivity index (χ1v) is 6.78. The smallest absolute Gasteiger partial charge is 0.365 e. The maximum absolute atomic E-state index is 12.0. The minimum Gasteiger partial charge on any atom is -0.493 e. The van der Waals surface area contributed by atoms with Crippen molar-refractivity contribution < 1.29 is 4.74 Å². The molecule has 2 heterocycles. The van der Waals surface area contributed by atoms with E-state index in [1.54, 1.807) is 12.1 Å². The molecule has 8 nitrogen and oxygen atoms in total. The van der Waals surface area contributed by atoms with Crippen LogP contribution in [-0.2, 0) is 0 Å². The largest absolute Gasteiger partial charge is 0.493 e. The molecule has 112 valence electrons. The molecule has 0 amide bonds. The molecule has 3 rings (SSSR count). The van der Waals surface area contributed by atoms with Crippen molar-refractivity contribution in [3.8, 4) is 17.1 Å². The molecular formula is C14H13N5O3. The Morgan fingerprint density at radius 3 is 2.77 bits per heavy atom. The van der Waals surface area contributed by atoms with E-state index in [-0.39, 0.29) is 11.2 Å². The van der Waals surface area contributed by atoms with Gasteiger partial charge in [0.25, 0.3) is 5.56 Å². The van der Waals surface area contributed by atoms with Crippen LogP contribution in [0.4, 0.5) is 0 Å². The lowest BCUT2D eigenvalue weighted by Gasteiger charge is -2.10. The summed E-state index contributed by atoms with van der Waals surface area (Å²) in [5.74, 6) is 0.907. The van der Waals surface area contributed by atoms with Gasteiger partial charge in [-0.1, -0.05) is 24.2 Å². The van der Waals surface area contributed by atoms with Gasteiger partial charge in [0.05, 0.1) is 12.2 Å². The van der Waals surface area contributed by atoms with Crippen LogP contribution in [0.3, 0.4) is 0 Å². The van der Waals surface area contributed by atoms with Gasteiger partial charge in [-0.3, -0.25) is 9.78 Å². The van der Waals surface area contributed by atoms with Gasteiger partial charge in [0.1, 0.15) is 11.6 Å². The van der Waals surface area contributed by atoms with E-state index in [1.165, 1.54) is 0 Å². The average Bonchev–Trinajstić information content (AvgIpc) is 2.52. The lowest BCUT2D eigenvalue weighted by Crippen LogP contribution is -2.19. The molecule has 2 aromatic heterocycles. The van der Waals surface area contributed by atoms with Crippen molar-refractivity contribution in [1.29, 1.82) is 0 Å². The minimum absolute atomic E-state index is 0.0182. The quantitative estimate of drug-likeness (QED) is 0.738. The van der Waals surface area contributed by atoms with Crippen LogP contribution in [0.25, 0.3) is 22.6 Å². The summed E-state index contributed by atoms with van der Waals surface area (Å²) in [6.07, 6.45) is 0.860. The van der Waals surface area contributed by atoms with E-state index in [0.717, 1.165) is 6.42 Å². The zero-order chi connectivity index (χ0) is 15.5. The SMILES string of the molecule is CCCOc1ccccc1-c1nc2[nH]c(=O)nnc2c(=O)[nH]1. The Morgan fingerprint density at radius 2 is 1.95 bits per heavy atom. The number of benzene rings is 1. The third-order valence-corrected chi connectivity index (χ3v) is 2.96. The summed E-state index contributed by atoms with van der Waals surface area (Å²) in [6.45, 7) is 2.55. The zero-order valence-corrected chi connectivity index (χ0v) is 11.8. The van der Waals surface area contributed by atoms with E-state index in [0.29, 0.717) is 23.7 Å². The summed E-state index contributed by atoms with van der Waals surface area (Å²) in [7, 11) is 0. The van der Waals surface area contributed by atoms with Gasteiger partial charge < -0.3 is 9.72 Å². The van der Waals surface area contributed by atoms with E-state index in [1.807, 2.05) is 19.1 Å².